The van der Waals surface area contributed by atoms with Crippen molar-refractivity contribution in [2.45, 2.75) is 58.9 Å². The number of anilines is 1. The third-order valence-corrected chi connectivity index (χ3v) is 3.87. The van der Waals surface area contributed by atoms with Crippen LogP contribution in [-0.4, -0.2) is 20.2 Å². The Kier molecular flexibility index (Phi) is 5.72. The van der Waals surface area contributed by atoms with Gasteiger partial charge in [-0.05, 0) is 35.4 Å². The van der Waals surface area contributed by atoms with Crippen molar-refractivity contribution in [3.05, 3.63) is 23.8 Å². The monoisotopic (exact) mass is 287 g/mol. The van der Waals surface area contributed by atoms with E-state index in [2.05, 4.69) is 22.4 Å². The molecule has 0 saturated carbocycles. The maximum atomic E-state index is 5.97. The zero-order valence-electron chi connectivity index (χ0n) is 13.0. The first-order valence-corrected chi connectivity index (χ1v) is 7.85. The number of nitrogens with two attached hydrogens (primary N) is 1. The summed E-state index contributed by atoms with van der Waals surface area (Å²) in [4.78, 5) is 0. The van der Waals surface area contributed by atoms with Crippen molar-refractivity contribution >= 4 is 5.69 Å². The normalized spacial score (nSPS) is 11.0. The molecule has 1 aromatic heterocycles. The van der Waals surface area contributed by atoms with Gasteiger partial charge in [0.2, 0.25) is 0 Å². The van der Waals surface area contributed by atoms with Gasteiger partial charge in [0.15, 0.2) is 5.82 Å². The molecule has 21 heavy (non-hydrogen) atoms. The fraction of sp³-hybridized carbons (Fsp3) is 0.562. The molecule has 0 atom stereocenters. The van der Waals surface area contributed by atoms with Gasteiger partial charge in [0.25, 0.3) is 0 Å². The topological polar surface area (TPSA) is 69.6 Å². The zero-order valence-corrected chi connectivity index (χ0v) is 13.0. The van der Waals surface area contributed by atoms with E-state index in [1.807, 2.05) is 29.8 Å². The summed E-state index contributed by atoms with van der Waals surface area (Å²) in [5, 5.41) is 12.1. The number of aryl methyl sites for hydroxylation is 1. The first-order chi connectivity index (χ1) is 10.2. The summed E-state index contributed by atoms with van der Waals surface area (Å²) in [6.45, 7) is 5.11. The first kappa shape index (κ1) is 15.5. The van der Waals surface area contributed by atoms with E-state index in [0.717, 1.165) is 35.6 Å². The summed E-state index contributed by atoms with van der Waals surface area (Å²) >= 11 is 0. The van der Waals surface area contributed by atoms with Crippen LogP contribution in [0.15, 0.2) is 18.2 Å². The zero-order chi connectivity index (χ0) is 15.1. The molecule has 0 unspecified atom stereocenters. The largest absolute Gasteiger partial charge is 0.398 e. The van der Waals surface area contributed by atoms with Gasteiger partial charge in [0, 0.05) is 17.8 Å². The predicted molar refractivity (Wildman–Crippen MR) is 85.8 cm³/mol. The van der Waals surface area contributed by atoms with Crippen molar-refractivity contribution in [2.75, 3.05) is 5.73 Å². The quantitative estimate of drug-likeness (QED) is 0.595. The Bertz CT molecular complexity index is 562. The molecule has 2 aromatic rings. The Balaban J connectivity index is 1.97. The lowest BCUT2D eigenvalue weighted by Crippen LogP contribution is -2.04. The second-order valence-corrected chi connectivity index (χ2v) is 5.51. The highest BCUT2D eigenvalue weighted by Crippen LogP contribution is 2.24. The fourth-order valence-corrected chi connectivity index (χ4v) is 2.49. The molecule has 2 rings (SSSR count). The van der Waals surface area contributed by atoms with Gasteiger partial charge >= 0.3 is 0 Å². The van der Waals surface area contributed by atoms with Gasteiger partial charge in [-0.2, -0.15) is 0 Å². The van der Waals surface area contributed by atoms with E-state index in [1.54, 1.807) is 0 Å². The van der Waals surface area contributed by atoms with Crippen molar-refractivity contribution in [1.29, 1.82) is 0 Å². The number of tetrazole rings is 1. The van der Waals surface area contributed by atoms with Gasteiger partial charge < -0.3 is 5.73 Å². The molecule has 1 heterocycles. The Morgan fingerprint density at radius 1 is 1.10 bits per heavy atom. The van der Waals surface area contributed by atoms with E-state index < -0.39 is 0 Å². The van der Waals surface area contributed by atoms with Crippen LogP contribution in [0.1, 0.15) is 51.0 Å². The molecule has 0 bridgehead atoms. The second-order valence-electron chi connectivity index (χ2n) is 5.51. The Morgan fingerprint density at radius 3 is 2.67 bits per heavy atom. The molecule has 0 fully saturated rings. The van der Waals surface area contributed by atoms with Crippen LogP contribution < -0.4 is 5.73 Å². The van der Waals surface area contributed by atoms with Gasteiger partial charge in [0.1, 0.15) is 0 Å². The highest BCUT2D eigenvalue weighted by Gasteiger charge is 2.12. The van der Waals surface area contributed by atoms with Crippen LogP contribution in [0.4, 0.5) is 5.69 Å². The number of unbranched alkanes of at least 4 members (excludes halogenated alkanes) is 5. The van der Waals surface area contributed by atoms with Gasteiger partial charge in [-0.1, -0.05) is 51.2 Å². The lowest BCUT2D eigenvalue weighted by Gasteiger charge is -2.08. The molecule has 1 aromatic carbocycles. The SMILES string of the molecule is CCCCCCCCn1nnnc1-c1cccc(N)c1C. The van der Waals surface area contributed by atoms with E-state index in [4.69, 9.17) is 5.73 Å². The summed E-state index contributed by atoms with van der Waals surface area (Å²) in [5.74, 6) is 0.813. The summed E-state index contributed by atoms with van der Waals surface area (Å²) in [6.07, 6.45) is 7.58. The molecule has 0 saturated heterocycles. The van der Waals surface area contributed by atoms with Crippen molar-refractivity contribution in [1.82, 2.24) is 20.2 Å². The number of rotatable bonds is 8. The number of nitrogen functional groups attached to an aromatic ring is 1. The van der Waals surface area contributed by atoms with Crippen LogP contribution in [0.2, 0.25) is 0 Å². The van der Waals surface area contributed by atoms with E-state index in [0.29, 0.717) is 0 Å². The summed E-state index contributed by atoms with van der Waals surface area (Å²) in [6, 6.07) is 5.87. The minimum Gasteiger partial charge on any atom is -0.398 e. The van der Waals surface area contributed by atoms with E-state index in [-0.39, 0.29) is 0 Å². The molecule has 114 valence electrons. The summed E-state index contributed by atoms with van der Waals surface area (Å²) in [7, 11) is 0. The third kappa shape index (κ3) is 4.03. The fourth-order valence-electron chi connectivity index (χ4n) is 2.49. The van der Waals surface area contributed by atoms with Crippen LogP contribution in [0.3, 0.4) is 0 Å². The molecule has 5 heteroatoms. The van der Waals surface area contributed by atoms with E-state index >= 15 is 0 Å². The molecule has 0 aliphatic heterocycles. The van der Waals surface area contributed by atoms with Crippen molar-refractivity contribution in [3.63, 3.8) is 0 Å². The molecule has 2 N–H and O–H groups in total. The van der Waals surface area contributed by atoms with Crippen LogP contribution in [0.5, 0.6) is 0 Å². The number of hydrogen-bond donors (Lipinski definition) is 1. The minimum absolute atomic E-state index is 0.779. The Labute approximate surface area is 126 Å². The predicted octanol–water partition coefficient (Wildman–Crippen LogP) is 3.59. The maximum Gasteiger partial charge on any atom is 0.182 e. The molecule has 5 nitrogen and oxygen atoms in total. The molecular weight excluding hydrogens is 262 g/mol. The van der Waals surface area contributed by atoms with Crippen molar-refractivity contribution in [2.24, 2.45) is 0 Å². The summed E-state index contributed by atoms with van der Waals surface area (Å²) in [5.41, 5.74) is 8.80. The molecule has 0 aliphatic rings. The highest BCUT2D eigenvalue weighted by molar-refractivity contribution is 5.67. The lowest BCUT2D eigenvalue weighted by atomic mass is 10.1. The molecule has 0 aliphatic carbocycles. The van der Waals surface area contributed by atoms with Crippen LogP contribution in [-0.2, 0) is 6.54 Å². The van der Waals surface area contributed by atoms with Gasteiger partial charge in [-0.25, -0.2) is 4.68 Å². The average molecular weight is 287 g/mol. The minimum atomic E-state index is 0.779. The van der Waals surface area contributed by atoms with Crippen LogP contribution in [0.25, 0.3) is 11.4 Å². The molecule has 0 spiro atoms. The third-order valence-electron chi connectivity index (χ3n) is 3.87. The Morgan fingerprint density at radius 2 is 1.86 bits per heavy atom. The highest BCUT2D eigenvalue weighted by atomic mass is 15.5. The lowest BCUT2D eigenvalue weighted by molar-refractivity contribution is 0.519. The summed E-state index contributed by atoms with van der Waals surface area (Å²) < 4.78 is 1.89. The average Bonchev–Trinajstić information content (AvgIpc) is 2.94. The second kappa shape index (κ2) is 7.76. The molecule has 0 radical (unpaired) electrons. The number of aromatic nitrogens is 4. The van der Waals surface area contributed by atoms with E-state index in [9.17, 15) is 0 Å². The number of nitrogens with zero attached hydrogens (tertiary/aromatic N) is 4. The van der Waals surface area contributed by atoms with Gasteiger partial charge in [-0.15, -0.1) is 5.10 Å². The number of hydrogen-bond acceptors (Lipinski definition) is 4. The van der Waals surface area contributed by atoms with Crippen LogP contribution in [0, 0.1) is 6.92 Å². The smallest absolute Gasteiger partial charge is 0.182 e. The standard InChI is InChI=1S/C16H25N5/c1-3-4-5-6-7-8-12-21-16(18-19-20-21)14-10-9-11-15(17)13(14)2/h9-11H,3-8,12,17H2,1-2H3. The van der Waals surface area contributed by atoms with Crippen LogP contribution >= 0.6 is 0 Å². The molecular formula is C16H25N5. The Hall–Kier alpha value is -1.91. The van der Waals surface area contributed by atoms with Gasteiger partial charge in [0.05, 0.1) is 0 Å². The van der Waals surface area contributed by atoms with Crippen molar-refractivity contribution < 1.29 is 0 Å². The number of benzene rings is 1. The first-order valence-electron chi connectivity index (χ1n) is 7.85. The van der Waals surface area contributed by atoms with Gasteiger partial charge in [-0.3, -0.25) is 0 Å². The van der Waals surface area contributed by atoms with Crippen molar-refractivity contribution in [3.8, 4) is 11.4 Å². The molecule has 0 amide bonds. The van der Waals surface area contributed by atoms with E-state index in [1.165, 1.54) is 32.1 Å². The maximum absolute atomic E-state index is 5.97.